The van der Waals surface area contributed by atoms with Gasteiger partial charge < -0.3 is 19.2 Å². The Hall–Kier alpha value is -3.04. The van der Waals surface area contributed by atoms with Crippen LogP contribution < -0.4 is 14.8 Å². The van der Waals surface area contributed by atoms with Gasteiger partial charge in [0.05, 0.1) is 24.8 Å². The monoisotopic (exact) mass is 431 g/mol. The number of piperidine rings is 1. The van der Waals surface area contributed by atoms with Crippen molar-refractivity contribution < 1.29 is 13.9 Å². The number of nitrogens with zero attached hydrogens (tertiary/aromatic N) is 2. The van der Waals surface area contributed by atoms with Crippen LogP contribution in [0, 0.1) is 17.2 Å². The van der Waals surface area contributed by atoms with Crippen molar-refractivity contribution in [1.82, 2.24) is 10.3 Å². The average Bonchev–Trinajstić information content (AvgIpc) is 3.48. The predicted molar refractivity (Wildman–Crippen MR) is 122 cm³/mol. The summed E-state index contributed by atoms with van der Waals surface area (Å²) in [6.45, 7) is 1.89. The van der Waals surface area contributed by atoms with Crippen molar-refractivity contribution >= 4 is 11.1 Å². The zero-order valence-electron chi connectivity index (χ0n) is 18.5. The van der Waals surface area contributed by atoms with Gasteiger partial charge in [0.1, 0.15) is 5.52 Å². The molecule has 166 valence electrons. The summed E-state index contributed by atoms with van der Waals surface area (Å²) in [6.07, 6.45) is 6.88. The molecule has 1 N–H and O–H groups in total. The number of rotatable bonds is 6. The lowest BCUT2D eigenvalue weighted by atomic mass is 9.84. The van der Waals surface area contributed by atoms with Crippen LogP contribution in [0.15, 0.2) is 40.8 Å². The summed E-state index contributed by atoms with van der Waals surface area (Å²) in [5.41, 5.74) is 3.38. The van der Waals surface area contributed by atoms with Gasteiger partial charge in [-0.05, 0) is 86.4 Å². The molecule has 2 atom stereocenters. The number of nitrogens with one attached hydrogen (secondary N) is 1. The van der Waals surface area contributed by atoms with E-state index in [4.69, 9.17) is 19.2 Å². The first-order valence-corrected chi connectivity index (χ1v) is 11.6. The predicted octanol–water partition coefficient (Wildman–Crippen LogP) is 4.97. The number of aromatic nitrogens is 1. The van der Waals surface area contributed by atoms with Gasteiger partial charge in [0, 0.05) is 13.0 Å². The molecule has 0 bridgehead atoms. The zero-order valence-corrected chi connectivity index (χ0v) is 18.5. The van der Waals surface area contributed by atoms with Gasteiger partial charge >= 0.3 is 0 Å². The van der Waals surface area contributed by atoms with Gasteiger partial charge in [0.2, 0.25) is 0 Å². The number of benzene rings is 2. The smallest absolute Gasteiger partial charge is 0.195 e. The summed E-state index contributed by atoms with van der Waals surface area (Å²) < 4.78 is 17.8. The highest BCUT2D eigenvalue weighted by molar-refractivity contribution is 5.74. The normalized spacial score (nSPS) is 21.5. The van der Waals surface area contributed by atoms with Gasteiger partial charge in [-0.1, -0.05) is 6.07 Å². The summed E-state index contributed by atoms with van der Waals surface area (Å²) in [7, 11) is 1.70. The standard InChI is InChI=1S/C26H29N3O3/c1-30-24-9-7-19(13-25(24)31-21-4-2-3-5-21)20-10-18(15-28-16-20)12-26-29-22-11-17(14-27)6-8-23(22)32-26/h6-9,11,13,18,20-21,28H,2-5,10,12,15-16H2,1H3/t18-,20-/m1/s1. The molecular weight excluding hydrogens is 402 g/mol. The average molecular weight is 432 g/mol. The fourth-order valence-electron chi connectivity index (χ4n) is 5.04. The third-order valence-electron chi connectivity index (χ3n) is 6.72. The second-order valence-corrected chi connectivity index (χ2v) is 9.00. The van der Waals surface area contributed by atoms with Crippen LogP contribution in [0.2, 0.25) is 0 Å². The highest BCUT2D eigenvalue weighted by Gasteiger charge is 2.26. The summed E-state index contributed by atoms with van der Waals surface area (Å²) in [6, 6.07) is 13.9. The van der Waals surface area contributed by atoms with Gasteiger partial charge in [-0.3, -0.25) is 0 Å². The zero-order chi connectivity index (χ0) is 21.9. The first kappa shape index (κ1) is 20.8. The van der Waals surface area contributed by atoms with E-state index < -0.39 is 0 Å². The first-order valence-electron chi connectivity index (χ1n) is 11.6. The minimum Gasteiger partial charge on any atom is -0.493 e. The van der Waals surface area contributed by atoms with Crippen LogP contribution in [0.5, 0.6) is 11.5 Å². The second kappa shape index (κ2) is 9.22. The number of hydrogen-bond acceptors (Lipinski definition) is 6. The summed E-state index contributed by atoms with van der Waals surface area (Å²) >= 11 is 0. The third-order valence-corrected chi connectivity index (χ3v) is 6.72. The number of hydrogen-bond donors (Lipinski definition) is 1. The largest absolute Gasteiger partial charge is 0.493 e. The Morgan fingerprint density at radius 2 is 2.00 bits per heavy atom. The van der Waals surface area contributed by atoms with E-state index in [9.17, 15) is 0 Å². The van der Waals surface area contributed by atoms with E-state index in [1.807, 2.05) is 12.1 Å². The molecule has 32 heavy (non-hydrogen) atoms. The molecule has 1 saturated carbocycles. The lowest BCUT2D eigenvalue weighted by molar-refractivity contribution is 0.200. The molecule has 6 heteroatoms. The van der Waals surface area contributed by atoms with Crippen molar-refractivity contribution in [2.45, 2.75) is 50.5 Å². The molecule has 5 rings (SSSR count). The van der Waals surface area contributed by atoms with Gasteiger partial charge in [-0.2, -0.15) is 5.26 Å². The highest BCUT2D eigenvalue weighted by Crippen LogP contribution is 2.37. The van der Waals surface area contributed by atoms with Crippen molar-refractivity contribution in [3.05, 3.63) is 53.4 Å². The van der Waals surface area contributed by atoms with E-state index in [1.165, 1.54) is 18.4 Å². The first-order chi connectivity index (χ1) is 15.7. The van der Waals surface area contributed by atoms with E-state index in [0.29, 0.717) is 23.5 Å². The van der Waals surface area contributed by atoms with Crippen molar-refractivity contribution in [2.75, 3.05) is 20.2 Å². The molecule has 3 aromatic rings. The minimum atomic E-state index is 0.303. The number of fused-ring (bicyclic) bond motifs is 1. The quantitative estimate of drug-likeness (QED) is 0.594. The number of nitriles is 1. The van der Waals surface area contributed by atoms with E-state index in [2.05, 4.69) is 28.5 Å². The van der Waals surface area contributed by atoms with Crippen LogP contribution in [0.3, 0.4) is 0 Å². The maximum absolute atomic E-state index is 9.10. The number of ether oxygens (including phenoxy) is 2. The van der Waals surface area contributed by atoms with Gasteiger partial charge in [0.15, 0.2) is 23.0 Å². The molecule has 1 saturated heterocycles. The van der Waals surface area contributed by atoms with Crippen LogP contribution >= 0.6 is 0 Å². The number of oxazole rings is 1. The minimum absolute atomic E-state index is 0.303. The van der Waals surface area contributed by atoms with E-state index in [-0.39, 0.29) is 0 Å². The molecule has 2 fully saturated rings. The van der Waals surface area contributed by atoms with Crippen molar-refractivity contribution in [1.29, 1.82) is 5.26 Å². The van der Waals surface area contributed by atoms with Gasteiger partial charge in [-0.15, -0.1) is 0 Å². The Bertz CT molecular complexity index is 1130. The molecule has 1 aromatic heterocycles. The fraction of sp³-hybridized carbons (Fsp3) is 0.462. The molecule has 2 heterocycles. The Labute approximate surface area is 188 Å². The van der Waals surface area contributed by atoms with Crippen LogP contribution in [-0.4, -0.2) is 31.3 Å². The third kappa shape index (κ3) is 4.44. The molecular formula is C26H29N3O3. The highest BCUT2D eigenvalue weighted by atomic mass is 16.5. The lowest BCUT2D eigenvalue weighted by Crippen LogP contribution is -2.36. The van der Waals surface area contributed by atoms with Crippen molar-refractivity contribution in [2.24, 2.45) is 5.92 Å². The van der Waals surface area contributed by atoms with E-state index in [1.54, 1.807) is 19.2 Å². The Morgan fingerprint density at radius 3 is 2.81 bits per heavy atom. The molecule has 0 unspecified atom stereocenters. The number of methoxy groups -OCH3 is 1. The van der Waals surface area contributed by atoms with Crippen LogP contribution in [0.1, 0.15) is 55.0 Å². The summed E-state index contributed by atoms with van der Waals surface area (Å²) in [4.78, 5) is 4.63. The van der Waals surface area contributed by atoms with Crippen molar-refractivity contribution in [3.8, 4) is 17.6 Å². The van der Waals surface area contributed by atoms with Gasteiger partial charge in [0.25, 0.3) is 0 Å². The summed E-state index contributed by atoms with van der Waals surface area (Å²) in [5, 5.41) is 12.7. The Morgan fingerprint density at radius 1 is 1.12 bits per heavy atom. The van der Waals surface area contributed by atoms with E-state index >= 15 is 0 Å². The second-order valence-electron chi connectivity index (χ2n) is 9.00. The maximum atomic E-state index is 9.10. The summed E-state index contributed by atoms with van der Waals surface area (Å²) in [5.74, 6) is 3.25. The Kier molecular flexibility index (Phi) is 6.00. The fourth-order valence-corrected chi connectivity index (χ4v) is 5.04. The Balaban J connectivity index is 1.30. The van der Waals surface area contributed by atoms with Crippen LogP contribution in [0.25, 0.3) is 11.1 Å². The molecule has 2 aromatic carbocycles. The molecule has 1 aliphatic heterocycles. The van der Waals surface area contributed by atoms with E-state index in [0.717, 1.165) is 67.3 Å². The molecule has 0 spiro atoms. The maximum Gasteiger partial charge on any atom is 0.195 e. The van der Waals surface area contributed by atoms with Crippen LogP contribution in [0.4, 0.5) is 0 Å². The molecule has 0 amide bonds. The lowest BCUT2D eigenvalue weighted by Gasteiger charge is -2.30. The molecule has 6 nitrogen and oxygen atoms in total. The molecule has 0 radical (unpaired) electrons. The van der Waals surface area contributed by atoms with Crippen molar-refractivity contribution in [3.63, 3.8) is 0 Å². The molecule has 2 aliphatic rings. The molecule has 1 aliphatic carbocycles. The van der Waals surface area contributed by atoms with Crippen LogP contribution in [-0.2, 0) is 6.42 Å². The SMILES string of the molecule is COc1ccc([C@H]2CNC[C@@H](Cc3nc4cc(C#N)ccc4o3)C2)cc1OC1CCCC1. The topological polar surface area (TPSA) is 80.3 Å². The van der Waals surface area contributed by atoms with Gasteiger partial charge in [-0.25, -0.2) is 4.98 Å².